The summed E-state index contributed by atoms with van der Waals surface area (Å²) >= 11 is 6.07. The Hall–Kier alpha value is -2.14. The van der Waals surface area contributed by atoms with Gasteiger partial charge in [0.2, 0.25) is 5.91 Å². The van der Waals surface area contributed by atoms with Gasteiger partial charge in [0, 0.05) is 18.0 Å². The number of hydrogen-bond acceptors (Lipinski definition) is 4. The van der Waals surface area contributed by atoms with Crippen LogP contribution in [0.25, 0.3) is 0 Å². The molecule has 0 aliphatic heterocycles. The van der Waals surface area contributed by atoms with Gasteiger partial charge in [-0.25, -0.2) is 0 Å². The highest BCUT2D eigenvalue weighted by atomic mass is 35.5. The standard InChI is InChI=1S/C14H15ClN4O/c1-2-14(20)17-13-8-7-12(18-19-13)16-9-10-5-3-4-6-11(10)15/h3-8H,2,9H2,1H3,(H,16,18)(H,17,19,20). The van der Waals surface area contributed by atoms with Gasteiger partial charge >= 0.3 is 0 Å². The number of hydrogen-bond donors (Lipinski definition) is 2. The first-order chi connectivity index (χ1) is 9.69. The first-order valence-electron chi connectivity index (χ1n) is 6.30. The van der Waals surface area contributed by atoms with Gasteiger partial charge in [0.25, 0.3) is 0 Å². The van der Waals surface area contributed by atoms with Gasteiger partial charge in [-0.1, -0.05) is 36.7 Å². The van der Waals surface area contributed by atoms with Crippen LogP contribution in [0.1, 0.15) is 18.9 Å². The Kier molecular flexibility index (Phi) is 4.90. The SMILES string of the molecule is CCC(=O)Nc1ccc(NCc2ccccc2Cl)nn1. The van der Waals surface area contributed by atoms with Crippen molar-refractivity contribution in [2.24, 2.45) is 0 Å². The second-order valence-electron chi connectivity index (χ2n) is 4.15. The van der Waals surface area contributed by atoms with Crippen LogP contribution in [-0.4, -0.2) is 16.1 Å². The van der Waals surface area contributed by atoms with Gasteiger partial charge in [-0.05, 0) is 23.8 Å². The maximum Gasteiger partial charge on any atom is 0.225 e. The van der Waals surface area contributed by atoms with E-state index in [9.17, 15) is 4.79 Å². The minimum absolute atomic E-state index is 0.0870. The Balaban J connectivity index is 1.94. The molecule has 0 fully saturated rings. The van der Waals surface area contributed by atoms with Crippen molar-refractivity contribution >= 4 is 29.1 Å². The van der Waals surface area contributed by atoms with Gasteiger partial charge in [-0.2, -0.15) is 0 Å². The average Bonchev–Trinajstić information content (AvgIpc) is 2.48. The van der Waals surface area contributed by atoms with Gasteiger partial charge in [-0.15, -0.1) is 10.2 Å². The Morgan fingerprint density at radius 3 is 2.50 bits per heavy atom. The summed E-state index contributed by atoms with van der Waals surface area (Å²) in [6, 6.07) is 11.1. The molecule has 0 radical (unpaired) electrons. The molecule has 2 aromatic rings. The molecule has 1 amide bonds. The zero-order chi connectivity index (χ0) is 14.4. The molecule has 6 heteroatoms. The van der Waals surface area contributed by atoms with E-state index in [1.165, 1.54) is 0 Å². The van der Waals surface area contributed by atoms with E-state index >= 15 is 0 Å². The molecule has 20 heavy (non-hydrogen) atoms. The van der Waals surface area contributed by atoms with Crippen LogP contribution in [0.15, 0.2) is 36.4 Å². The highest BCUT2D eigenvalue weighted by molar-refractivity contribution is 6.31. The first-order valence-corrected chi connectivity index (χ1v) is 6.67. The third kappa shape index (κ3) is 3.93. The molecule has 104 valence electrons. The summed E-state index contributed by atoms with van der Waals surface area (Å²) in [7, 11) is 0. The van der Waals surface area contributed by atoms with E-state index in [1.54, 1.807) is 19.1 Å². The number of carbonyl (C=O) groups is 1. The normalized spacial score (nSPS) is 10.1. The molecule has 0 spiro atoms. The Morgan fingerprint density at radius 2 is 1.85 bits per heavy atom. The molecule has 2 N–H and O–H groups in total. The van der Waals surface area contributed by atoms with Crippen LogP contribution in [0.4, 0.5) is 11.6 Å². The number of nitrogens with one attached hydrogen (secondary N) is 2. The van der Waals surface area contributed by atoms with Crippen molar-refractivity contribution in [2.45, 2.75) is 19.9 Å². The topological polar surface area (TPSA) is 66.9 Å². The zero-order valence-corrected chi connectivity index (χ0v) is 11.8. The van der Waals surface area contributed by atoms with Crippen molar-refractivity contribution in [3.8, 4) is 0 Å². The number of amides is 1. The van der Waals surface area contributed by atoms with Crippen LogP contribution in [-0.2, 0) is 11.3 Å². The monoisotopic (exact) mass is 290 g/mol. The largest absolute Gasteiger partial charge is 0.364 e. The lowest BCUT2D eigenvalue weighted by Gasteiger charge is -2.07. The number of nitrogens with zero attached hydrogens (tertiary/aromatic N) is 2. The molecule has 1 aromatic carbocycles. The molecule has 0 aliphatic carbocycles. The molecule has 0 bridgehead atoms. The molecule has 0 atom stereocenters. The van der Waals surface area contributed by atoms with Gasteiger partial charge in [-0.3, -0.25) is 4.79 Å². The minimum atomic E-state index is -0.0870. The second-order valence-corrected chi connectivity index (χ2v) is 4.56. The smallest absolute Gasteiger partial charge is 0.225 e. The lowest BCUT2D eigenvalue weighted by Crippen LogP contribution is -2.11. The fourth-order valence-electron chi connectivity index (χ4n) is 1.55. The average molecular weight is 291 g/mol. The second kappa shape index (κ2) is 6.86. The van der Waals surface area contributed by atoms with Gasteiger partial charge in [0.05, 0.1) is 0 Å². The van der Waals surface area contributed by atoms with Crippen molar-refractivity contribution in [3.63, 3.8) is 0 Å². The van der Waals surface area contributed by atoms with Crippen LogP contribution in [0.2, 0.25) is 5.02 Å². The van der Waals surface area contributed by atoms with Crippen LogP contribution in [0, 0.1) is 0 Å². The van der Waals surface area contributed by atoms with Crippen molar-refractivity contribution in [1.82, 2.24) is 10.2 Å². The van der Waals surface area contributed by atoms with Crippen molar-refractivity contribution in [2.75, 3.05) is 10.6 Å². The summed E-state index contributed by atoms with van der Waals surface area (Å²) < 4.78 is 0. The van der Waals surface area contributed by atoms with Crippen LogP contribution in [0.5, 0.6) is 0 Å². The molecular formula is C14H15ClN4O. The number of anilines is 2. The third-order valence-corrected chi connectivity index (χ3v) is 3.04. The molecule has 0 aliphatic rings. The van der Waals surface area contributed by atoms with E-state index in [2.05, 4.69) is 20.8 Å². The molecule has 1 heterocycles. The zero-order valence-electron chi connectivity index (χ0n) is 11.1. The fourth-order valence-corrected chi connectivity index (χ4v) is 1.75. The first kappa shape index (κ1) is 14.3. The van der Waals surface area contributed by atoms with E-state index in [0.29, 0.717) is 29.6 Å². The molecule has 1 aromatic heterocycles. The molecule has 0 unspecified atom stereocenters. The lowest BCUT2D eigenvalue weighted by molar-refractivity contribution is -0.115. The van der Waals surface area contributed by atoms with Crippen molar-refractivity contribution < 1.29 is 4.79 Å². The maximum absolute atomic E-state index is 11.2. The van der Waals surface area contributed by atoms with E-state index in [-0.39, 0.29) is 5.91 Å². The summed E-state index contributed by atoms with van der Waals surface area (Å²) in [4.78, 5) is 11.2. The number of aromatic nitrogens is 2. The van der Waals surface area contributed by atoms with Crippen molar-refractivity contribution in [3.05, 3.63) is 47.0 Å². The van der Waals surface area contributed by atoms with E-state index in [1.807, 2.05) is 24.3 Å². The third-order valence-electron chi connectivity index (χ3n) is 2.67. The number of rotatable bonds is 5. The molecule has 2 rings (SSSR count). The highest BCUT2D eigenvalue weighted by Gasteiger charge is 2.02. The fraction of sp³-hybridized carbons (Fsp3) is 0.214. The maximum atomic E-state index is 11.2. The summed E-state index contributed by atoms with van der Waals surface area (Å²) in [5, 5.41) is 14.4. The van der Waals surface area contributed by atoms with E-state index < -0.39 is 0 Å². The Bertz CT molecular complexity index is 586. The Labute approximate surface area is 122 Å². The molecular weight excluding hydrogens is 276 g/mol. The van der Waals surface area contributed by atoms with Crippen LogP contribution < -0.4 is 10.6 Å². The summed E-state index contributed by atoms with van der Waals surface area (Å²) in [6.07, 6.45) is 0.411. The van der Waals surface area contributed by atoms with Crippen LogP contribution >= 0.6 is 11.6 Å². The predicted molar refractivity (Wildman–Crippen MR) is 79.7 cm³/mol. The summed E-state index contributed by atoms with van der Waals surface area (Å²) in [5.74, 6) is 0.982. The quantitative estimate of drug-likeness (QED) is 0.888. The summed E-state index contributed by atoms with van der Waals surface area (Å²) in [5.41, 5.74) is 0.985. The Morgan fingerprint density at radius 1 is 1.15 bits per heavy atom. The number of benzene rings is 1. The van der Waals surface area contributed by atoms with E-state index in [0.717, 1.165) is 5.56 Å². The summed E-state index contributed by atoms with van der Waals surface area (Å²) in [6.45, 7) is 2.34. The van der Waals surface area contributed by atoms with Crippen molar-refractivity contribution in [1.29, 1.82) is 0 Å². The minimum Gasteiger partial charge on any atom is -0.364 e. The predicted octanol–water partition coefficient (Wildman–Crippen LogP) is 3.09. The number of carbonyl (C=O) groups excluding carboxylic acids is 1. The molecule has 5 nitrogen and oxygen atoms in total. The van der Waals surface area contributed by atoms with Gasteiger partial charge in [0.1, 0.15) is 5.82 Å². The number of halogens is 1. The highest BCUT2D eigenvalue weighted by Crippen LogP contribution is 2.16. The van der Waals surface area contributed by atoms with E-state index in [4.69, 9.17) is 11.6 Å². The molecule has 0 saturated heterocycles. The van der Waals surface area contributed by atoms with Gasteiger partial charge < -0.3 is 10.6 Å². The van der Waals surface area contributed by atoms with Gasteiger partial charge in [0.15, 0.2) is 5.82 Å². The lowest BCUT2D eigenvalue weighted by atomic mass is 10.2. The van der Waals surface area contributed by atoms with Crippen LogP contribution in [0.3, 0.4) is 0 Å². The molecule has 0 saturated carbocycles.